The van der Waals surface area contributed by atoms with Crippen LogP contribution in [0.1, 0.15) is 32.4 Å². The van der Waals surface area contributed by atoms with E-state index >= 15 is 0 Å². The minimum absolute atomic E-state index is 0.0265. The van der Waals surface area contributed by atoms with Gasteiger partial charge in [0.15, 0.2) is 5.82 Å². The fraction of sp³-hybridized carbons (Fsp3) is 0.278. The number of benzene rings is 1. The number of halogens is 1. The number of anilines is 3. The number of ether oxygens (including phenoxy) is 1. The molecule has 2 heterocycles. The molecule has 3 N–H and O–H groups in total. The van der Waals surface area contributed by atoms with E-state index in [0.717, 1.165) is 11.8 Å². The monoisotopic (exact) mass is 401 g/mol. The quantitative estimate of drug-likeness (QED) is 0.382. The van der Waals surface area contributed by atoms with Crippen molar-refractivity contribution in [2.75, 3.05) is 10.6 Å². The Morgan fingerprint density at radius 2 is 1.97 bits per heavy atom. The van der Waals surface area contributed by atoms with Crippen molar-refractivity contribution in [3.05, 3.63) is 58.0 Å². The first-order chi connectivity index (χ1) is 13.8. The molecule has 0 saturated heterocycles. The van der Waals surface area contributed by atoms with Crippen LogP contribution in [0.4, 0.5) is 27.7 Å². The molecule has 3 rings (SSSR count). The summed E-state index contributed by atoms with van der Waals surface area (Å²) in [7, 11) is 0. The van der Waals surface area contributed by atoms with E-state index in [4.69, 9.17) is 4.74 Å². The number of nitrogens with zero attached hydrogens (tertiary/aromatic N) is 4. The molecule has 0 saturated carbocycles. The Bertz CT molecular complexity index is 991. The van der Waals surface area contributed by atoms with Crippen molar-refractivity contribution >= 4 is 23.3 Å². The molecular weight excluding hydrogens is 381 g/mol. The van der Waals surface area contributed by atoms with Gasteiger partial charge in [-0.25, -0.2) is 14.5 Å². The number of rotatable bonds is 8. The third kappa shape index (κ3) is 5.15. The van der Waals surface area contributed by atoms with Gasteiger partial charge in [0.2, 0.25) is 17.6 Å². The van der Waals surface area contributed by atoms with E-state index in [0.29, 0.717) is 11.7 Å². The topological polar surface area (TPSA) is 131 Å². The zero-order valence-electron chi connectivity index (χ0n) is 16.0. The molecule has 0 aliphatic rings. The first kappa shape index (κ1) is 20.0. The van der Waals surface area contributed by atoms with Crippen molar-refractivity contribution < 1.29 is 14.1 Å². The Balaban J connectivity index is 1.81. The Hall–Kier alpha value is -3.76. The number of aromatic nitrogens is 4. The summed E-state index contributed by atoms with van der Waals surface area (Å²) < 4.78 is 18.6. The van der Waals surface area contributed by atoms with Crippen LogP contribution >= 0.6 is 0 Å². The van der Waals surface area contributed by atoms with Gasteiger partial charge in [-0.15, -0.1) is 0 Å². The lowest BCUT2D eigenvalue weighted by molar-refractivity contribution is -0.384. The third-order valence-electron chi connectivity index (χ3n) is 3.85. The van der Waals surface area contributed by atoms with Crippen LogP contribution in [0, 0.1) is 15.9 Å². The van der Waals surface area contributed by atoms with Crippen LogP contribution in [0.5, 0.6) is 5.88 Å². The van der Waals surface area contributed by atoms with E-state index in [1.54, 1.807) is 18.2 Å². The smallest absolute Gasteiger partial charge is 0.330 e. The molecule has 0 amide bonds. The van der Waals surface area contributed by atoms with Crippen LogP contribution in [0.25, 0.3) is 0 Å². The maximum Gasteiger partial charge on any atom is 0.330 e. The van der Waals surface area contributed by atoms with Crippen molar-refractivity contribution in [1.82, 2.24) is 20.2 Å². The summed E-state index contributed by atoms with van der Waals surface area (Å²) in [6.45, 7) is 5.57. The number of aromatic amines is 1. The molecule has 1 aromatic carbocycles. The fourth-order valence-electron chi connectivity index (χ4n) is 2.50. The molecule has 0 fully saturated rings. The van der Waals surface area contributed by atoms with Crippen LogP contribution in [0.2, 0.25) is 0 Å². The molecule has 0 aliphatic heterocycles. The number of hydrogen-bond donors (Lipinski definition) is 3. The predicted octanol–water partition coefficient (Wildman–Crippen LogP) is 3.95. The molecule has 0 radical (unpaired) electrons. The summed E-state index contributed by atoms with van der Waals surface area (Å²) in [5.41, 5.74) is 0.505. The van der Waals surface area contributed by atoms with E-state index in [1.807, 2.05) is 20.8 Å². The molecule has 10 nitrogen and oxygen atoms in total. The average Bonchev–Trinajstić information content (AvgIpc) is 3.08. The van der Waals surface area contributed by atoms with E-state index < -0.39 is 4.92 Å². The van der Waals surface area contributed by atoms with Gasteiger partial charge in [-0.1, -0.05) is 12.1 Å². The van der Waals surface area contributed by atoms with Gasteiger partial charge in [0.25, 0.3) is 0 Å². The highest BCUT2D eigenvalue weighted by Gasteiger charge is 2.20. The summed E-state index contributed by atoms with van der Waals surface area (Å²) in [4.78, 5) is 18.9. The Kier molecular flexibility index (Phi) is 5.86. The summed E-state index contributed by atoms with van der Waals surface area (Å²) in [5, 5.41) is 23.9. The number of nitrogens with one attached hydrogen (secondary N) is 3. The molecule has 0 spiro atoms. The normalized spacial score (nSPS) is 11.9. The van der Waals surface area contributed by atoms with Crippen LogP contribution in [-0.4, -0.2) is 31.2 Å². The van der Waals surface area contributed by atoms with Gasteiger partial charge in [-0.05, 0) is 38.5 Å². The summed E-state index contributed by atoms with van der Waals surface area (Å²) in [6, 6.07) is 7.30. The van der Waals surface area contributed by atoms with Crippen molar-refractivity contribution in [3.8, 4) is 5.88 Å². The number of H-pyrrole nitrogens is 1. The van der Waals surface area contributed by atoms with Gasteiger partial charge in [-0.2, -0.15) is 10.1 Å². The van der Waals surface area contributed by atoms with Crippen molar-refractivity contribution in [2.24, 2.45) is 0 Å². The summed E-state index contributed by atoms with van der Waals surface area (Å²) >= 11 is 0. The van der Waals surface area contributed by atoms with Gasteiger partial charge < -0.3 is 15.4 Å². The van der Waals surface area contributed by atoms with Crippen molar-refractivity contribution in [2.45, 2.75) is 32.9 Å². The SMILES string of the molecule is CC(C)Oc1cc(Nc2nc(N[C@@H](C)c3ccc(F)cc3)ncc2[N+](=O)[O-])n[nH]1. The molecule has 0 bridgehead atoms. The van der Waals surface area contributed by atoms with E-state index in [2.05, 4.69) is 30.8 Å². The largest absolute Gasteiger partial charge is 0.475 e. The lowest BCUT2D eigenvalue weighted by Gasteiger charge is -2.14. The lowest BCUT2D eigenvalue weighted by atomic mass is 10.1. The van der Waals surface area contributed by atoms with Gasteiger partial charge in [0.05, 0.1) is 17.1 Å². The minimum atomic E-state index is -0.590. The average molecular weight is 401 g/mol. The van der Waals surface area contributed by atoms with Crippen LogP contribution in [0.3, 0.4) is 0 Å². The zero-order chi connectivity index (χ0) is 21.0. The number of nitro groups is 1. The van der Waals surface area contributed by atoms with Crippen LogP contribution in [-0.2, 0) is 0 Å². The second-order valence-electron chi connectivity index (χ2n) is 6.51. The molecule has 0 aliphatic carbocycles. The highest BCUT2D eigenvalue weighted by atomic mass is 19.1. The summed E-state index contributed by atoms with van der Waals surface area (Å²) in [6.07, 6.45) is 1.05. The maximum absolute atomic E-state index is 13.1. The van der Waals surface area contributed by atoms with Crippen LogP contribution in [0.15, 0.2) is 36.5 Å². The van der Waals surface area contributed by atoms with E-state index in [-0.39, 0.29) is 35.4 Å². The zero-order valence-corrected chi connectivity index (χ0v) is 16.0. The lowest BCUT2D eigenvalue weighted by Crippen LogP contribution is -2.11. The van der Waals surface area contributed by atoms with Gasteiger partial charge in [0, 0.05) is 6.07 Å². The first-order valence-electron chi connectivity index (χ1n) is 8.84. The molecule has 0 unspecified atom stereocenters. The van der Waals surface area contributed by atoms with Crippen molar-refractivity contribution in [3.63, 3.8) is 0 Å². The summed E-state index contributed by atoms with van der Waals surface area (Å²) in [5.74, 6) is 0.534. The Morgan fingerprint density at radius 3 is 2.62 bits per heavy atom. The molecular formula is C18H20FN7O3. The fourth-order valence-corrected chi connectivity index (χ4v) is 2.50. The molecule has 2 aromatic heterocycles. The predicted molar refractivity (Wildman–Crippen MR) is 105 cm³/mol. The van der Waals surface area contributed by atoms with Crippen molar-refractivity contribution in [1.29, 1.82) is 0 Å². The molecule has 1 atom stereocenters. The van der Waals surface area contributed by atoms with Gasteiger partial charge >= 0.3 is 5.69 Å². The molecule has 152 valence electrons. The Labute approximate surface area is 165 Å². The van der Waals surface area contributed by atoms with E-state index in [1.165, 1.54) is 12.1 Å². The minimum Gasteiger partial charge on any atom is -0.475 e. The second-order valence-corrected chi connectivity index (χ2v) is 6.51. The Morgan fingerprint density at radius 1 is 1.24 bits per heavy atom. The van der Waals surface area contributed by atoms with Gasteiger partial charge in [0.1, 0.15) is 12.0 Å². The highest BCUT2D eigenvalue weighted by molar-refractivity contribution is 5.64. The second kappa shape index (κ2) is 8.50. The van der Waals surface area contributed by atoms with Crippen LogP contribution < -0.4 is 15.4 Å². The van der Waals surface area contributed by atoms with E-state index in [9.17, 15) is 14.5 Å². The number of hydrogen-bond acceptors (Lipinski definition) is 8. The molecule has 11 heteroatoms. The highest BCUT2D eigenvalue weighted by Crippen LogP contribution is 2.27. The molecule has 29 heavy (non-hydrogen) atoms. The standard InChI is InChI=1S/C18H20FN7O3/c1-10(2)29-16-8-15(24-25-16)22-17-14(26(27)28)9-20-18(23-17)21-11(3)12-4-6-13(19)7-5-12/h4-11H,1-3H3,(H3,20,21,22,23,24,25)/t11-/m0/s1. The first-order valence-corrected chi connectivity index (χ1v) is 8.84. The molecule has 3 aromatic rings. The van der Waals surface area contributed by atoms with Gasteiger partial charge in [-0.3, -0.25) is 10.1 Å². The maximum atomic E-state index is 13.1. The third-order valence-corrected chi connectivity index (χ3v) is 3.85.